The zero-order valence-electron chi connectivity index (χ0n) is 7.31. The van der Waals surface area contributed by atoms with E-state index in [-0.39, 0.29) is 0 Å². The van der Waals surface area contributed by atoms with Crippen LogP contribution in [-0.2, 0) is 23.7 Å². The molecular weight excluding hydrogens is 160 g/mol. The first-order valence-electron chi connectivity index (χ1n) is 4.01. The van der Waals surface area contributed by atoms with Crippen LogP contribution in [0.3, 0.4) is 0 Å². The van der Waals surface area contributed by atoms with Crippen molar-refractivity contribution in [3.8, 4) is 0 Å². The quantitative estimate of drug-likeness (QED) is 0.604. The van der Waals surface area contributed by atoms with E-state index in [0.29, 0.717) is 0 Å². The van der Waals surface area contributed by atoms with Crippen molar-refractivity contribution in [3.05, 3.63) is 0 Å². The Morgan fingerprint density at radius 2 is 1.80 bits per heavy atom. The van der Waals surface area contributed by atoms with Crippen molar-refractivity contribution < 1.29 is 23.7 Å². The van der Waals surface area contributed by atoms with Gasteiger partial charge in [0.1, 0.15) is 0 Å². The summed E-state index contributed by atoms with van der Waals surface area (Å²) < 4.78 is 8.25. The van der Waals surface area contributed by atoms with Crippen LogP contribution in [0.25, 0.3) is 0 Å². The van der Waals surface area contributed by atoms with Crippen LogP contribution >= 0.6 is 0 Å². The van der Waals surface area contributed by atoms with E-state index in [4.69, 9.17) is 3.32 Å². The van der Waals surface area contributed by atoms with Crippen LogP contribution in [0, 0.1) is 5.92 Å². The molecule has 0 radical (unpaired) electrons. The van der Waals surface area contributed by atoms with Crippen molar-refractivity contribution in [2.45, 2.75) is 46.5 Å². The van der Waals surface area contributed by atoms with Crippen molar-refractivity contribution in [2.75, 3.05) is 0 Å². The molecule has 0 aliphatic rings. The third-order valence-corrected chi connectivity index (χ3v) is 1.75. The Morgan fingerprint density at radius 1 is 1.30 bits per heavy atom. The van der Waals surface area contributed by atoms with Gasteiger partial charge in [-0.05, 0) is 5.92 Å². The molecule has 0 aromatic rings. The second kappa shape index (κ2) is 12.2. The van der Waals surface area contributed by atoms with Gasteiger partial charge in [-0.1, -0.05) is 46.5 Å². The van der Waals surface area contributed by atoms with Gasteiger partial charge in [0.15, 0.2) is 0 Å². The molecule has 0 rings (SSSR count). The Hall–Kier alpha value is 0.514. The van der Waals surface area contributed by atoms with Crippen LogP contribution in [0.2, 0.25) is 0 Å². The summed E-state index contributed by atoms with van der Waals surface area (Å²) in [5.74, 6) is 0.954. The minimum atomic E-state index is 0.750. The zero-order valence-corrected chi connectivity index (χ0v) is 8.88. The number of unbranched alkanes of at least 4 members (excludes halogenated alkanes) is 1. The van der Waals surface area contributed by atoms with Crippen molar-refractivity contribution >= 4 is 0 Å². The van der Waals surface area contributed by atoms with Crippen LogP contribution in [0.4, 0.5) is 0 Å². The Labute approximate surface area is 76.3 Å². The molecule has 0 aliphatic carbocycles. The van der Waals surface area contributed by atoms with Gasteiger partial charge < -0.3 is 0 Å². The molecule has 0 N–H and O–H groups in total. The Balaban J connectivity index is 0. The maximum atomic E-state index is 8.25. The van der Waals surface area contributed by atoms with Crippen molar-refractivity contribution in [1.82, 2.24) is 0 Å². The summed E-state index contributed by atoms with van der Waals surface area (Å²) in [6, 6.07) is 0. The van der Waals surface area contributed by atoms with Gasteiger partial charge in [-0.25, -0.2) is 0 Å². The van der Waals surface area contributed by atoms with Gasteiger partial charge in [0.25, 0.3) is 0 Å². The van der Waals surface area contributed by atoms with E-state index in [9.17, 15) is 0 Å². The maximum absolute atomic E-state index is 8.25. The summed E-state index contributed by atoms with van der Waals surface area (Å²) >= 11 is 0.750. The molecule has 0 saturated heterocycles. The molecule has 10 heavy (non-hydrogen) atoms. The summed E-state index contributed by atoms with van der Waals surface area (Å²) in [6.07, 6.45) is 5.53. The van der Waals surface area contributed by atoms with E-state index in [1.807, 2.05) is 0 Å². The molecule has 0 bridgehead atoms. The van der Waals surface area contributed by atoms with E-state index in [1.165, 1.54) is 25.7 Å². The Morgan fingerprint density at radius 3 is 2.10 bits per heavy atom. The molecule has 0 fully saturated rings. The molecule has 2 heteroatoms. The van der Waals surface area contributed by atoms with Crippen LogP contribution < -0.4 is 0 Å². The van der Waals surface area contributed by atoms with Crippen molar-refractivity contribution in [2.24, 2.45) is 5.92 Å². The molecule has 0 aromatic carbocycles. The van der Waals surface area contributed by atoms with E-state index in [2.05, 4.69) is 20.8 Å². The number of hydrogen-bond acceptors (Lipinski definition) is 1. The molecule has 60 valence electrons. The fourth-order valence-corrected chi connectivity index (χ4v) is 0.757. The molecule has 0 amide bonds. The summed E-state index contributed by atoms with van der Waals surface area (Å²) in [5, 5.41) is 0. The second-order valence-electron chi connectivity index (χ2n) is 2.66. The number of hydrogen-bond donors (Lipinski definition) is 0. The monoisotopic (exact) mass is 178 g/mol. The molecule has 0 heterocycles. The standard InChI is InChI=1S/C8H18.O.Ti/c1-4-6-7-8(3)5-2;;/h8H,4-7H2,1-3H3;;. The predicted octanol–water partition coefficient (Wildman–Crippen LogP) is 3.10. The Kier molecular flexibility index (Phi) is 16.0. The molecule has 1 unspecified atom stereocenters. The molecule has 0 spiro atoms. The fourth-order valence-electron chi connectivity index (χ4n) is 0.757. The first-order chi connectivity index (χ1) is 4.81. The van der Waals surface area contributed by atoms with Crippen molar-refractivity contribution in [1.29, 1.82) is 0 Å². The molecule has 0 aliphatic heterocycles. The third kappa shape index (κ3) is 11.3. The average Bonchev–Trinajstić information content (AvgIpc) is 2.04. The van der Waals surface area contributed by atoms with Gasteiger partial charge in [0.2, 0.25) is 0 Å². The van der Waals surface area contributed by atoms with Gasteiger partial charge in [0, 0.05) is 0 Å². The van der Waals surface area contributed by atoms with Crippen molar-refractivity contribution in [3.63, 3.8) is 0 Å². The minimum absolute atomic E-state index is 0.750. The van der Waals surface area contributed by atoms with Gasteiger partial charge in [-0.2, -0.15) is 0 Å². The predicted molar refractivity (Wildman–Crippen MR) is 39.7 cm³/mol. The van der Waals surface area contributed by atoms with Crippen LogP contribution in [0.15, 0.2) is 0 Å². The molecular formula is C8H18OTi. The Bertz CT molecular complexity index is 57.2. The van der Waals surface area contributed by atoms with Crippen LogP contribution in [-0.4, -0.2) is 0 Å². The summed E-state index contributed by atoms with van der Waals surface area (Å²) in [6.45, 7) is 6.85. The van der Waals surface area contributed by atoms with Gasteiger partial charge in [-0.15, -0.1) is 0 Å². The van der Waals surface area contributed by atoms with E-state index < -0.39 is 0 Å². The average molecular weight is 178 g/mol. The summed E-state index contributed by atoms with van der Waals surface area (Å²) in [7, 11) is 0. The summed E-state index contributed by atoms with van der Waals surface area (Å²) in [5.41, 5.74) is 0. The third-order valence-electron chi connectivity index (χ3n) is 1.75. The normalized spacial score (nSPS) is 11.4. The number of rotatable bonds is 4. The second-order valence-corrected chi connectivity index (χ2v) is 2.66. The van der Waals surface area contributed by atoms with Crippen LogP contribution in [0.5, 0.6) is 0 Å². The summed E-state index contributed by atoms with van der Waals surface area (Å²) in [4.78, 5) is 0. The fraction of sp³-hybridized carbons (Fsp3) is 1.00. The molecule has 0 saturated carbocycles. The van der Waals surface area contributed by atoms with E-state index in [0.717, 1.165) is 26.3 Å². The topological polar surface area (TPSA) is 17.1 Å². The van der Waals surface area contributed by atoms with Gasteiger partial charge in [0.05, 0.1) is 0 Å². The molecule has 1 atom stereocenters. The first kappa shape index (κ1) is 13.1. The van der Waals surface area contributed by atoms with Gasteiger partial charge >= 0.3 is 23.7 Å². The van der Waals surface area contributed by atoms with E-state index in [1.54, 1.807) is 0 Å². The zero-order chi connectivity index (χ0) is 8.41. The van der Waals surface area contributed by atoms with E-state index >= 15 is 0 Å². The molecule has 0 aromatic heterocycles. The van der Waals surface area contributed by atoms with Gasteiger partial charge in [-0.3, -0.25) is 0 Å². The van der Waals surface area contributed by atoms with Crippen LogP contribution in [0.1, 0.15) is 46.5 Å². The SMILES string of the molecule is CCCCC(C)CC.[O]=[Ti]. The molecule has 1 nitrogen and oxygen atoms in total. The first-order valence-corrected chi connectivity index (χ1v) is 4.65.